The molecule has 7 nitrogen and oxygen atoms in total. The van der Waals surface area contributed by atoms with E-state index in [1.807, 2.05) is 12.1 Å². The molecule has 0 unspecified atom stereocenters. The predicted octanol–water partition coefficient (Wildman–Crippen LogP) is 0.707. The second kappa shape index (κ2) is 4.78. The van der Waals surface area contributed by atoms with Gasteiger partial charge in [-0.15, -0.1) is 0 Å². The molecule has 0 fully saturated rings. The number of fused-ring (bicyclic) bond motifs is 1. The topological polar surface area (TPSA) is 98.7 Å². The average molecular weight is 306 g/mol. The maximum Gasteiger partial charge on any atom is 0.329 e. The summed E-state index contributed by atoms with van der Waals surface area (Å²) in [5, 5.41) is 0.594. The van der Waals surface area contributed by atoms with Gasteiger partial charge in [-0.25, -0.2) is 4.79 Å². The zero-order valence-corrected chi connectivity index (χ0v) is 11.9. The van der Waals surface area contributed by atoms with E-state index in [1.54, 1.807) is 16.7 Å². The zero-order chi connectivity index (χ0) is 15.1. The van der Waals surface area contributed by atoms with Gasteiger partial charge in [-0.2, -0.15) is 4.98 Å². The zero-order valence-electron chi connectivity index (χ0n) is 11.1. The van der Waals surface area contributed by atoms with Gasteiger partial charge in [-0.05, 0) is 17.7 Å². The summed E-state index contributed by atoms with van der Waals surface area (Å²) in [6.45, 7) is 0.337. The summed E-state index contributed by atoms with van der Waals surface area (Å²) in [5.41, 5.74) is 6.22. The molecule has 0 saturated heterocycles. The molecule has 0 saturated carbocycles. The van der Waals surface area contributed by atoms with Crippen molar-refractivity contribution in [2.24, 2.45) is 7.05 Å². The number of benzene rings is 1. The number of rotatable bonds is 2. The molecule has 21 heavy (non-hydrogen) atoms. The van der Waals surface area contributed by atoms with E-state index in [9.17, 15) is 9.59 Å². The molecular weight excluding hydrogens is 294 g/mol. The number of nitrogens with zero attached hydrogens (tertiary/aromatic N) is 3. The Morgan fingerprint density at radius 2 is 2.14 bits per heavy atom. The third-order valence-electron chi connectivity index (χ3n) is 3.27. The van der Waals surface area contributed by atoms with Crippen LogP contribution >= 0.6 is 11.6 Å². The number of nitrogens with one attached hydrogen (secondary N) is 1. The van der Waals surface area contributed by atoms with Crippen molar-refractivity contribution < 1.29 is 0 Å². The van der Waals surface area contributed by atoms with Gasteiger partial charge in [0.05, 0.1) is 6.54 Å². The van der Waals surface area contributed by atoms with Crippen LogP contribution in [0.1, 0.15) is 5.56 Å². The lowest BCUT2D eigenvalue weighted by atomic mass is 10.2. The predicted molar refractivity (Wildman–Crippen MR) is 80.6 cm³/mol. The summed E-state index contributed by atoms with van der Waals surface area (Å²) in [6, 6.07) is 7.22. The molecule has 3 rings (SSSR count). The third-order valence-corrected chi connectivity index (χ3v) is 3.50. The van der Waals surface area contributed by atoms with Crippen LogP contribution in [0, 0.1) is 0 Å². The van der Waals surface area contributed by atoms with Gasteiger partial charge >= 0.3 is 5.69 Å². The highest BCUT2D eigenvalue weighted by Crippen LogP contribution is 2.17. The molecule has 8 heteroatoms. The van der Waals surface area contributed by atoms with Gasteiger partial charge in [0.15, 0.2) is 11.2 Å². The van der Waals surface area contributed by atoms with Gasteiger partial charge in [0, 0.05) is 12.1 Å². The Balaban J connectivity index is 2.24. The summed E-state index contributed by atoms with van der Waals surface area (Å²) in [4.78, 5) is 30.0. The third kappa shape index (κ3) is 2.21. The summed E-state index contributed by atoms with van der Waals surface area (Å²) < 4.78 is 2.81. The first-order chi connectivity index (χ1) is 9.97. The van der Waals surface area contributed by atoms with Crippen molar-refractivity contribution in [2.75, 3.05) is 5.73 Å². The number of anilines is 1. The number of hydrogen-bond acceptors (Lipinski definition) is 4. The maximum absolute atomic E-state index is 12.0. The number of hydrogen-bond donors (Lipinski definition) is 2. The Hall–Kier alpha value is -2.54. The Bertz CT molecular complexity index is 953. The Morgan fingerprint density at radius 1 is 1.38 bits per heavy atom. The lowest BCUT2D eigenvalue weighted by molar-refractivity contribution is 0.812. The highest BCUT2D eigenvalue weighted by molar-refractivity contribution is 6.30. The van der Waals surface area contributed by atoms with E-state index in [1.165, 1.54) is 11.6 Å². The highest BCUT2D eigenvalue weighted by Gasteiger charge is 2.15. The van der Waals surface area contributed by atoms with Crippen molar-refractivity contribution in [2.45, 2.75) is 6.54 Å². The molecule has 0 amide bonds. The van der Waals surface area contributed by atoms with Crippen LogP contribution in [0.3, 0.4) is 0 Å². The Kier molecular flexibility index (Phi) is 3.06. The largest absolute Gasteiger partial charge is 0.369 e. The minimum absolute atomic E-state index is 0.164. The SMILES string of the molecule is Cn1c(=O)[nH]c(=O)c2c1nc(N)n2Cc1cccc(Cl)c1. The molecule has 0 bridgehead atoms. The van der Waals surface area contributed by atoms with Crippen molar-refractivity contribution in [3.05, 3.63) is 55.7 Å². The van der Waals surface area contributed by atoms with Gasteiger partial charge in [-0.3, -0.25) is 14.3 Å². The molecule has 0 spiro atoms. The summed E-state index contributed by atoms with van der Waals surface area (Å²) in [5.74, 6) is 0.164. The van der Waals surface area contributed by atoms with Gasteiger partial charge < -0.3 is 10.3 Å². The molecule has 1 aromatic carbocycles. The van der Waals surface area contributed by atoms with E-state index in [-0.39, 0.29) is 17.1 Å². The van der Waals surface area contributed by atoms with Crippen LogP contribution in [-0.4, -0.2) is 19.1 Å². The second-order valence-corrected chi connectivity index (χ2v) is 5.11. The number of halogens is 1. The summed E-state index contributed by atoms with van der Waals surface area (Å²) in [7, 11) is 1.52. The number of aryl methyl sites for hydroxylation is 1. The Labute approximate surface area is 123 Å². The smallest absolute Gasteiger partial charge is 0.329 e. The van der Waals surface area contributed by atoms with Crippen LogP contribution in [0.2, 0.25) is 5.02 Å². The molecular formula is C13H12ClN5O2. The van der Waals surface area contributed by atoms with Crippen molar-refractivity contribution >= 4 is 28.7 Å². The van der Waals surface area contributed by atoms with Crippen molar-refractivity contribution in [1.29, 1.82) is 0 Å². The fourth-order valence-electron chi connectivity index (χ4n) is 2.23. The molecule has 3 aromatic rings. The standard InChI is InChI=1S/C13H12ClN5O2/c1-18-10-9(11(20)17-13(18)21)19(12(15)16-10)6-7-3-2-4-8(14)5-7/h2-5H,6H2,1H3,(H2,15,16)(H,17,20,21). The number of imidazole rings is 1. The lowest BCUT2D eigenvalue weighted by Gasteiger charge is -2.06. The van der Waals surface area contributed by atoms with Crippen LogP contribution in [0.25, 0.3) is 11.2 Å². The summed E-state index contributed by atoms with van der Waals surface area (Å²) >= 11 is 5.95. The van der Waals surface area contributed by atoms with Crippen molar-refractivity contribution in [3.63, 3.8) is 0 Å². The number of H-pyrrole nitrogens is 1. The van der Waals surface area contributed by atoms with Gasteiger partial charge in [-0.1, -0.05) is 23.7 Å². The molecule has 0 aliphatic rings. The van der Waals surface area contributed by atoms with Crippen LogP contribution < -0.4 is 17.0 Å². The molecule has 0 aliphatic heterocycles. The fourth-order valence-corrected chi connectivity index (χ4v) is 2.44. The van der Waals surface area contributed by atoms with Crippen LogP contribution in [-0.2, 0) is 13.6 Å². The minimum Gasteiger partial charge on any atom is -0.369 e. The van der Waals surface area contributed by atoms with E-state index >= 15 is 0 Å². The second-order valence-electron chi connectivity index (χ2n) is 4.68. The van der Waals surface area contributed by atoms with Gasteiger partial charge in [0.25, 0.3) is 5.56 Å². The van der Waals surface area contributed by atoms with E-state index in [0.29, 0.717) is 11.6 Å². The normalized spacial score (nSPS) is 11.1. The molecule has 108 valence electrons. The van der Waals surface area contributed by atoms with E-state index < -0.39 is 11.2 Å². The number of aromatic nitrogens is 4. The number of aromatic amines is 1. The minimum atomic E-state index is -0.528. The monoisotopic (exact) mass is 305 g/mol. The maximum atomic E-state index is 12.0. The average Bonchev–Trinajstić information content (AvgIpc) is 2.74. The first kappa shape index (κ1) is 13.4. The Morgan fingerprint density at radius 3 is 2.86 bits per heavy atom. The van der Waals surface area contributed by atoms with E-state index in [0.717, 1.165) is 5.56 Å². The molecule has 2 aromatic heterocycles. The number of nitrogens with two attached hydrogens (primary N) is 1. The van der Waals surface area contributed by atoms with Crippen molar-refractivity contribution in [1.82, 2.24) is 19.1 Å². The fraction of sp³-hybridized carbons (Fsp3) is 0.154. The first-order valence-electron chi connectivity index (χ1n) is 6.17. The quantitative estimate of drug-likeness (QED) is 0.728. The molecule has 0 aliphatic carbocycles. The van der Waals surface area contributed by atoms with Crippen LogP contribution in [0.15, 0.2) is 33.9 Å². The van der Waals surface area contributed by atoms with Gasteiger partial charge in [0.1, 0.15) is 0 Å². The molecule has 3 N–H and O–H groups in total. The van der Waals surface area contributed by atoms with Crippen LogP contribution in [0.4, 0.5) is 5.95 Å². The lowest BCUT2D eigenvalue weighted by Crippen LogP contribution is -2.29. The molecule has 0 radical (unpaired) electrons. The first-order valence-corrected chi connectivity index (χ1v) is 6.54. The highest BCUT2D eigenvalue weighted by atomic mass is 35.5. The number of nitrogen functional groups attached to an aromatic ring is 1. The molecule has 2 heterocycles. The van der Waals surface area contributed by atoms with E-state index in [2.05, 4.69) is 9.97 Å². The molecule has 0 atom stereocenters. The van der Waals surface area contributed by atoms with Crippen LogP contribution in [0.5, 0.6) is 0 Å². The summed E-state index contributed by atoms with van der Waals surface area (Å²) in [6.07, 6.45) is 0. The van der Waals surface area contributed by atoms with E-state index in [4.69, 9.17) is 17.3 Å². The van der Waals surface area contributed by atoms with Gasteiger partial charge in [0.2, 0.25) is 5.95 Å². The van der Waals surface area contributed by atoms with Crippen molar-refractivity contribution in [3.8, 4) is 0 Å².